The van der Waals surface area contributed by atoms with Gasteiger partial charge in [-0.05, 0) is 48.3 Å². The van der Waals surface area contributed by atoms with E-state index in [2.05, 4.69) is 21.8 Å². The number of likely N-dealkylation sites (N-methyl/N-ethyl adjacent to an activating group) is 1. The van der Waals surface area contributed by atoms with E-state index in [1.54, 1.807) is 6.07 Å². The number of nitrogens with one attached hydrogen (secondary N) is 1. The molecular weight excluding hydrogens is 289 g/mol. The van der Waals surface area contributed by atoms with Crippen LogP contribution in [0.3, 0.4) is 0 Å². The Balaban J connectivity index is 2.21. The zero-order valence-corrected chi connectivity index (χ0v) is 12.2. The Kier molecular flexibility index (Phi) is 4.95. The molecule has 1 aromatic carbocycles. The zero-order valence-electron chi connectivity index (χ0n) is 9.86. The molecule has 0 radical (unpaired) electrons. The van der Waals surface area contributed by atoms with Gasteiger partial charge in [0, 0.05) is 15.4 Å². The SMILES string of the molecule is CCNC(Cc1cc(Cl)ccc1Cl)c1csnn1. The first kappa shape index (κ1) is 13.7. The maximum Gasteiger partial charge on any atom is 0.0928 e. The topological polar surface area (TPSA) is 37.8 Å². The molecule has 0 amide bonds. The molecule has 1 N–H and O–H groups in total. The van der Waals surface area contributed by atoms with E-state index >= 15 is 0 Å². The highest BCUT2D eigenvalue weighted by atomic mass is 35.5. The fraction of sp³-hybridized carbons (Fsp3) is 0.333. The lowest BCUT2D eigenvalue weighted by atomic mass is 10.0. The average Bonchev–Trinajstić information content (AvgIpc) is 2.87. The van der Waals surface area contributed by atoms with Gasteiger partial charge in [-0.2, -0.15) is 0 Å². The molecule has 0 spiro atoms. The van der Waals surface area contributed by atoms with Crippen LogP contribution < -0.4 is 5.32 Å². The molecule has 0 aliphatic carbocycles. The van der Waals surface area contributed by atoms with Crippen molar-refractivity contribution in [3.63, 3.8) is 0 Å². The zero-order chi connectivity index (χ0) is 13.0. The minimum absolute atomic E-state index is 0.115. The second-order valence-corrected chi connectivity index (χ2v) is 5.33. The summed E-state index contributed by atoms with van der Waals surface area (Å²) in [6, 6.07) is 5.62. The first-order chi connectivity index (χ1) is 8.70. The van der Waals surface area contributed by atoms with Gasteiger partial charge in [0.25, 0.3) is 0 Å². The van der Waals surface area contributed by atoms with Crippen molar-refractivity contribution in [2.24, 2.45) is 0 Å². The second kappa shape index (κ2) is 6.48. The lowest BCUT2D eigenvalue weighted by Crippen LogP contribution is -2.23. The predicted octanol–water partition coefficient (Wildman–Crippen LogP) is 3.74. The third-order valence-electron chi connectivity index (χ3n) is 2.62. The van der Waals surface area contributed by atoms with Crippen LogP contribution >= 0.6 is 34.7 Å². The fourth-order valence-electron chi connectivity index (χ4n) is 1.77. The Labute approximate surface area is 120 Å². The molecule has 0 bridgehead atoms. The number of nitrogens with zero attached hydrogens (tertiary/aromatic N) is 2. The minimum atomic E-state index is 0.115. The predicted molar refractivity (Wildman–Crippen MR) is 76.5 cm³/mol. The Morgan fingerprint density at radius 2 is 2.22 bits per heavy atom. The summed E-state index contributed by atoms with van der Waals surface area (Å²) in [4.78, 5) is 0. The Hall–Kier alpha value is -0.680. The number of hydrogen-bond acceptors (Lipinski definition) is 4. The number of aromatic nitrogens is 2. The molecule has 2 rings (SSSR count). The lowest BCUT2D eigenvalue weighted by Gasteiger charge is -2.16. The Morgan fingerprint density at radius 3 is 2.89 bits per heavy atom. The molecule has 0 aliphatic heterocycles. The van der Waals surface area contributed by atoms with Gasteiger partial charge in [-0.25, -0.2) is 0 Å². The van der Waals surface area contributed by atoms with Crippen molar-refractivity contribution in [2.45, 2.75) is 19.4 Å². The first-order valence-corrected chi connectivity index (χ1v) is 7.24. The number of hydrogen-bond donors (Lipinski definition) is 1. The highest BCUT2D eigenvalue weighted by molar-refractivity contribution is 7.03. The van der Waals surface area contributed by atoms with Crippen LogP contribution in [0.4, 0.5) is 0 Å². The van der Waals surface area contributed by atoms with Crippen molar-refractivity contribution in [3.05, 3.63) is 44.9 Å². The monoisotopic (exact) mass is 301 g/mol. The van der Waals surface area contributed by atoms with Crippen molar-refractivity contribution in [2.75, 3.05) is 6.54 Å². The van der Waals surface area contributed by atoms with Gasteiger partial charge in [0.05, 0.1) is 11.7 Å². The normalized spacial score (nSPS) is 12.6. The van der Waals surface area contributed by atoms with Gasteiger partial charge in [0.2, 0.25) is 0 Å². The average molecular weight is 302 g/mol. The molecule has 2 aromatic rings. The summed E-state index contributed by atoms with van der Waals surface area (Å²) >= 11 is 13.5. The number of benzene rings is 1. The fourth-order valence-corrected chi connectivity index (χ4v) is 2.67. The van der Waals surface area contributed by atoms with Gasteiger partial charge in [-0.15, -0.1) is 5.10 Å². The van der Waals surface area contributed by atoms with Crippen LogP contribution in [0.5, 0.6) is 0 Å². The molecule has 96 valence electrons. The smallest absolute Gasteiger partial charge is 0.0928 e. The molecule has 0 saturated heterocycles. The van der Waals surface area contributed by atoms with E-state index in [0.29, 0.717) is 5.02 Å². The summed E-state index contributed by atoms with van der Waals surface area (Å²) in [5.41, 5.74) is 1.96. The molecule has 18 heavy (non-hydrogen) atoms. The summed E-state index contributed by atoms with van der Waals surface area (Å²) in [6.45, 7) is 2.92. The molecule has 1 unspecified atom stereocenters. The van der Waals surface area contributed by atoms with Crippen molar-refractivity contribution < 1.29 is 0 Å². The van der Waals surface area contributed by atoms with Crippen LogP contribution in [-0.2, 0) is 6.42 Å². The second-order valence-electron chi connectivity index (χ2n) is 3.88. The largest absolute Gasteiger partial charge is 0.309 e. The van der Waals surface area contributed by atoms with Gasteiger partial charge >= 0.3 is 0 Å². The van der Waals surface area contributed by atoms with Crippen LogP contribution in [0.15, 0.2) is 23.6 Å². The molecule has 3 nitrogen and oxygen atoms in total. The van der Waals surface area contributed by atoms with Gasteiger partial charge in [-0.1, -0.05) is 34.6 Å². The molecule has 0 saturated carbocycles. The van der Waals surface area contributed by atoms with E-state index in [1.807, 2.05) is 17.5 Å². The van der Waals surface area contributed by atoms with E-state index in [1.165, 1.54) is 11.5 Å². The summed E-state index contributed by atoms with van der Waals surface area (Å²) in [7, 11) is 0. The van der Waals surface area contributed by atoms with E-state index < -0.39 is 0 Å². The van der Waals surface area contributed by atoms with Crippen LogP contribution in [-0.4, -0.2) is 16.1 Å². The summed E-state index contributed by atoms with van der Waals surface area (Å²) in [5.74, 6) is 0. The standard InChI is InChI=1S/C12H13Cl2N3S/c1-2-15-11(12-7-18-17-16-12)6-8-5-9(13)3-4-10(8)14/h3-5,7,11,15H,2,6H2,1H3. The highest BCUT2D eigenvalue weighted by Gasteiger charge is 2.15. The lowest BCUT2D eigenvalue weighted by molar-refractivity contribution is 0.535. The number of halogens is 2. The maximum absolute atomic E-state index is 6.18. The highest BCUT2D eigenvalue weighted by Crippen LogP contribution is 2.25. The third kappa shape index (κ3) is 3.42. The quantitative estimate of drug-likeness (QED) is 0.914. The third-order valence-corrected chi connectivity index (χ3v) is 3.74. The molecule has 1 atom stereocenters. The molecule has 6 heteroatoms. The van der Waals surface area contributed by atoms with E-state index in [4.69, 9.17) is 23.2 Å². The van der Waals surface area contributed by atoms with E-state index in [0.717, 1.165) is 29.2 Å². The van der Waals surface area contributed by atoms with Crippen LogP contribution in [0, 0.1) is 0 Å². The number of rotatable bonds is 5. The Bertz CT molecular complexity index is 502. The summed E-state index contributed by atoms with van der Waals surface area (Å²) in [5, 5.41) is 10.9. The van der Waals surface area contributed by atoms with Gasteiger partial charge < -0.3 is 5.32 Å². The van der Waals surface area contributed by atoms with Gasteiger partial charge in [-0.3, -0.25) is 0 Å². The van der Waals surface area contributed by atoms with Crippen LogP contribution in [0.2, 0.25) is 10.0 Å². The first-order valence-electron chi connectivity index (χ1n) is 5.65. The summed E-state index contributed by atoms with van der Waals surface area (Å²) < 4.78 is 3.90. The van der Waals surface area contributed by atoms with Crippen molar-refractivity contribution >= 4 is 34.7 Å². The minimum Gasteiger partial charge on any atom is -0.309 e. The maximum atomic E-state index is 6.18. The van der Waals surface area contributed by atoms with Crippen molar-refractivity contribution in [1.29, 1.82) is 0 Å². The van der Waals surface area contributed by atoms with E-state index in [9.17, 15) is 0 Å². The summed E-state index contributed by atoms with van der Waals surface area (Å²) in [6.07, 6.45) is 0.749. The van der Waals surface area contributed by atoms with Gasteiger partial charge in [0.15, 0.2) is 0 Å². The molecule has 1 heterocycles. The van der Waals surface area contributed by atoms with Gasteiger partial charge in [0.1, 0.15) is 0 Å². The van der Waals surface area contributed by atoms with Crippen LogP contribution in [0.25, 0.3) is 0 Å². The van der Waals surface area contributed by atoms with E-state index in [-0.39, 0.29) is 6.04 Å². The van der Waals surface area contributed by atoms with Crippen molar-refractivity contribution in [3.8, 4) is 0 Å². The Morgan fingerprint density at radius 1 is 1.39 bits per heavy atom. The molecular formula is C12H13Cl2N3S. The van der Waals surface area contributed by atoms with Crippen LogP contribution in [0.1, 0.15) is 24.2 Å². The molecule has 1 aromatic heterocycles. The molecule has 0 aliphatic rings. The van der Waals surface area contributed by atoms with Crippen molar-refractivity contribution in [1.82, 2.24) is 14.9 Å². The molecule has 0 fully saturated rings.